The molecule has 0 aliphatic heterocycles. The van der Waals surface area contributed by atoms with Gasteiger partial charge in [0.25, 0.3) is 0 Å². The number of hydrogen-bond acceptors (Lipinski definition) is 3. The van der Waals surface area contributed by atoms with Crippen molar-refractivity contribution in [2.75, 3.05) is 12.3 Å². The van der Waals surface area contributed by atoms with Gasteiger partial charge in [-0.15, -0.1) is 0 Å². The molecule has 0 radical (unpaired) electrons. The lowest BCUT2D eigenvalue weighted by atomic mass is 10.00. The molecule has 0 unspecified atom stereocenters. The highest BCUT2D eigenvalue weighted by Crippen LogP contribution is 2.22. The van der Waals surface area contributed by atoms with E-state index < -0.39 is 0 Å². The maximum absolute atomic E-state index is 5.73. The number of anilines is 1. The van der Waals surface area contributed by atoms with Crippen LogP contribution in [-0.2, 0) is 6.54 Å². The molecule has 0 saturated heterocycles. The quantitative estimate of drug-likeness (QED) is 0.786. The van der Waals surface area contributed by atoms with E-state index in [2.05, 4.69) is 23.4 Å². The second-order valence-corrected chi connectivity index (χ2v) is 4.95. The molecule has 20 heavy (non-hydrogen) atoms. The molecule has 2 aromatic rings. The van der Waals surface area contributed by atoms with E-state index in [1.54, 1.807) is 0 Å². The van der Waals surface area contributed by atoms with Gasteiger partial charge in [-0.25, -0.2) is 4.98 Å². The van der Waals surface area contributed by atoms with Crippen molar-refractivity contribution in [3.63, 3.8) is 0 Å². The summed E-state index contributed by atoms with van der Waals surface area (Å²) in [6, 6.07) is 7.52. The van der Waals surface area contributed by atoms with Gasteiger partial charge >= 0.3 is 0 Å². The molecule has 0 spiro atoms. The van der Waals surface area contributed by atoms with E-state index in [9.17, 15) is 0 Å². The van der Waals surface area contributed by atoms with Crippen LogP contribution in [0.15, 0.2) is 36.8 Å². The molecule has 1 aromatic heterocycles. The third kappa shape index (κ3) is 3.53. The number of imidazole rings is 1. The Hall–Kier alpha value is -1.97. The van der Waals surface area contributed by atoms with Crippen LogP contribution in [0.4, 0.5) is 5.69 Å². The lowest BCUT2D eigenvalue weighted by Gasteiger charge is -2.15. The second kappa shape index (κ2) is 6.98. The van der Waals surface area contributed by atoms with Crippen molar-refractivity contribution in [2.24, 2.45) is 0 Å². The highest BCUT2D eigenvalue weighted by molar-refractivity contribution is 5.43. The van der Waals surface area contributed by atoms with E-state index in [-0.39, 0.29) is 0 Å². The first-order valence-electron chi connectivity index (χ1n) is 7.23. The standard InChI is InChI=1S/C16H23N3O/c1-3-13(4-2)16-11-18-12-19(16)8-9-20-15-7-5-6-14(17)10-15/h5-7,10-13H,3-4,8-9,17H2,1-2H3. The Bertz CT molecular complexity index is 532. The lowest BCUT2D eigenvalue weighted by molar-refractivity contribution is 0.295. The summed E-state index contributed by atoms with van der Waals surface area (Å²) in [5, 5.41) is 0. The molecule has 0 bridgehead atoms. The number of nitrogens with two attached hydrogens (primary N) is 1. The monoisotopic (exact) mass is 273 g/mol. The predicted octanol–water partition coefficient (Wildman–Crippen LogP) is 3.45. The normalized spacial score (nSPS) is 10.9. The van der Waals surface area contributed by atoms with Crippen LogP contribution in [-0.4, -0.2) is 16.2 Å². The molecule has 0 amide bonds. The van der Waals surface area contributed by atoms with E-state index in [4.69, 9.17) is 10.5 Å². The van der Waals surface area contributed by atoms with Crippen LogP contribution < -0.4 is 10.5 Å². The van der Waals surface area contributed by atoms with Crippen LogP contribution >= 0.6 is 0 Å². The molecule has 1 heterocycles. The average Bonchev–Trinajstić information content (AvgIpc) is 2.89. The Morgan fingerprint density at radius 1 is 1.30 bits per heavy atom. The Morgan fingerprint density at radius 2 is 2.10 bits per heavy atom. The Kier molecular flexibility index (Phi) is 5.04. The zero-order valence-corrected chi connectivity index (χ0v) is 12.2. The summed E-state index contributed by atoms with van der Waals surface area (Å²) in [4.78, 5) is 4.27. The summed E-state index contributed by atoms with van der Waals surface area (Å²) in [7, 11) is 0. The molecule has 108 valence electrons. The van der Waals surface area contributed by atoms with Gasteiger partial charge in [-0.05, 0) is 25.0 Å². The molecule has 4 nitrogen and oxygen atoms in total. The molecule has 0 atom stereocenters. The van der Waals surface area contributed by atoms with Gasteiger partial charge in [0, 0.05) is 29.6 Å². The van der Waals surface area contributed by atoms with Crippen LogP contribution in [0.5, 0.6) is 5.75 Å². The van der Waals surface area contributed by atoms with Gasteiger partial charge < -0.3 is 15.0 Å². The van der Waals surface area contributed by atoms with Crippen molar-refractivity contribution >= 4 is 5.69 Å². The van der Waals surface area contributed by atoms with Crippen LogP contribution in [0.1, 0.15) is 38.3 Å². The van der Waals surface area contributed by atoms with E-state index in [1.165, 1.54) is 5.69 Å². The Balaban J connectivity index is 1.93. The third-order valence-electron chi connectivity index (χ3n) is 3.61. The van der Waals surface area contributed by atoms with Gasteiger partial charge in [-0.1, -0.05) is 19.9 Å². The maximum atomic E-state index is 5.73. The fraction of sp³-hybridized carbons (Fsp3) is 0.438. The number of rotatable bonds is 7. The second-order valence-electron chi connectivity index (χ2n) is 4.95. The van der Waals surface area contributed by atoms with Crippen LogP contribution in [0, 0.1) is 0 Å². The first-order valence-corrected chi connectivity index (χ1v) is 7.23. The topological polar surface area (TPSA) is 53.1 Å². The minimum absolute atomic E-state index is 0.574. The van der Waals surface area contributed by atoms with E-state index in [1.807, 2.05) is 36.8 Å². The van der Waals surface area contributed by atoms with Crippen molar-refractivity contribution in [1.29, 1.82) is 0 Å². The van der Waals surface area contributed by atoms with Crippen LogP contribution in [0.3, 0.4) is 0 Å². The number of aromatic nitrogens is 2. The number of nitrogen functional groups attached to an aromatic ring is 1. The van der Waals surface area contributed by atoms with Crippen molar-refractivity contribution in [3.8, 4) is 5.75 Å². The first-order chi connectivity index (χ1) is 9.74. The number of hydrogen-bond donors (Lipinski definition) is 1. The molecular weight excluding hydrogens is 250 g/mol. The number of benzene rings is 1. The predicted molar refractivity (Wildman–Crippen MR) is 81.9 cm³/mol. The Labute approximate surface area is 120 Å². The highest BCUT2D eigenvalue weighted by Gasteiger charge is 2.11. The molecule has 0 fully saturated rings. The zero-order valence-electron chi connectivity index (χ0n) is 12.2. The van der Waals surface area contributed by atoms with Crippen LogP contribution in [0.2, 0.25) is 0 Å². The SMILES string of the molecule is CCC(CC)c1cncn1CCOc1cccc(N)c1. The van der Waals surface area contributed by atoms with Crippen molar-refractivity contribution < 1.29 is 4.74 Å². The maximum Gasteiger partial charge on any atom is 0.121 e. The minimum Gasteiger partial charge on any atom is -0.492 e. The minimum atomic E-state index is 0.574. The molecule has 0 aliphatic carbocycles. The number of nitrogens with zero attached hydrogens (tertiary/aromatic N) is 2. The lowest BCUT2D eigenvalue weighted by Crippen LogP contribution is -2.12. The summed E-state index contributed by atoms with van der Waals surface area (Å²) < 4.78 is 7.92. The summed E-state index contributed by atoms with van der Waals surface area (Å²) in [5.74, 6) is 1.39. The zero-order chi connectivity index (χ0) is 14.4. The fourth-order valence-electron chi connectivity index (χ4n) is 2.43. The van der Waals surface area contributed by atoms with E-state index in [0.717, 1.165) is 30.8 Å². The average molecular weight is 273 g/mol. The van der Waals surface area contributed by atoms with Crippen molar-refractivity contribution in [1.82, 2.24) is 9.55 Å². The van der Waals surface area contributed by atoms with Gasteiger partial charge in [-0.3, -0.25) is 0 Å². The van der Waals surface area contributed by atoms with Gasteiger partial charge in [0.05, 0.1) is 12.9 Å². The molecular formula is C16H23N3O. The Morgan fingerprint density at radius 3 is 2.80 bits per heavy atom. The smallest absolute Gasteiger partial charge is 0.121 e. The van der Waals surface area contributed by atoms with E-state index >= 15 is 0 Å². The van der Waals surface area contributed by atoms with Crippen molar-refractivity contribution in [3.05, 3.63) is 42.5 Å². The van der Waals surface area contributed by atoms with Gasteiger partial charge in [0.1, 0.15) is 12.4 Å². The van der Waals surface area contributed by atoms with E-state index in [0.29, 0.717) is 12.5 Å². The summed E-state index contributed by atoms with van der Waals surface area (Å²) in [5.41, 5.74) is 7.75. The molecule has 4 heteroatoms. The van der Waals surface area contributed by atoms with Crippen LogP contribution in [0.25, 0.3) is 0 Å². The third-order valence-corrected chi connectivity index (χ3v) is 3.61. The van der Waals surface area contributed by atoms with Gasteiger partial charge in [0.15, 0.2) is 0 Å². The summed E-state index contributed by atoms with van der Waals surface area (Å²) in [6.45, 7) is 5.86. The molecule has 2 N–H and O–H groups in total. The van der Waals surface area contributed by atoms with Gasteiger partial charge in [-0.2, -0.15) is 0 Å². The molecule has 1 aromatic carbocycles. The highest BCUT2D eigenvalue weighted by atomic mass is 16.5. The molecule has 0 aliphatic rings. The summed E-state index contributed by atoms with van der Waals surface area (Å²) >= 11 is 0. The fourth-order valence-corrected chi connectivity index (χ4v) is 2.43. The number of ether oxygens (including phenoxy) is 1. The molecule has 0 saturated carbocycles. The van der Waals surface area contributed by atoms with Gasteiger partial charge in [0.2, 0.25) is 0 Å². The van der Waals surface area contributed by atoms with Crippen molar-refractivity contribution in [2.45, 2.75) is 39.2 Å². The first kappa shape index (κ1) is 14.4. The largest absolute Gasteiger partial charge is 0.492 e. The summed E-state index contributed by atoms with van der Waals surface area (Å²) in [6.07, 6.45) is 6.13. The molecule has 2 rings (SSSR count).